The van der Waals surface area contributed by atoms with Crippen molar-refractivity contribution in [1.82, 2.24) is 14.9 Å². The number of hydrogen-bond acceptors (Lipinski definition) is 3. The molecule has 0 spiro atoms. The van der Waals surface area contributed by atoms with Crippen LogP contribution in [0.1, 0.15) is 26.7 Å². The van der Waals surface area contributed by atoms with Gasteiger partial charge < -0.3 is 0 Å². The van der Waals surface area contributed by atoms with Gasteiger partial charge in [0.1, 0.15) is 0 Å². The molecule has 0 saturated carbocycles. The van der Waals surface area contributed by atoms with Gasteiger partial charge >= 0.3 is 0 Å². The van der Waals surface area contributed by atoms with Crippen molar-refractivity contribution >= 4 is 30.0 Å². The van der Waals surface area contributed by atoms with E-state index in [4.69, 9.17) is 23.8 Å². The third kappa shape index (κ3) is 3.16. The Bertz CT molecular complexity index is 655. The van der Waals surface area contributed by atoms with Crippen LogP contribution in [0.25, 0.3) is 11.4 Å². The lowest BCUT2D eigenvalue weighted by Crippen LogP contribution is -2.01. The van der Waals surface area contributed by atoms with Crippen LogP contribution in [0.15, 0.2) is 29.4 Å². The van der Waals surface area contributed by atoms with Crippen LogP contribution >= 0.6 is 23.8 Å². The Morgan fingerprint density at radius 2 is 2.10 bits per heavy atom. The van der Waals surface area contributed by atoms with E-state index in [-0.39, 0.29) is 0 Å². The van der Waals surface area contributed by atoms with Gasteiger partial charge in [-0.05, 0) is 43.1 Å². The Kier molecular flexibility index (Phi) is 5.09. The zero-order chi connectivity index (χ0) is 14.5. The van der Waals surface area contributed by atoms with Gasteiger partial charge in [-0.2, -0.15) is 14.9 Å². The van der Waals surface area contributed by atoms with E-state index < -0.39 is 0 Å². The third-order valence-electron chi connectivity index (χ3n) is 3.21. The quantitative estimate of drug-likeness (QED) is 0.651. The van der Waals surface area contributed by atoms with Gasteiger partial charge in [-0.1, -0.05) is 37.6 Å². The Balaban J connectivity index is 2.43. The van der Waals surface area contributed by atoms with E-state index in [1.807, 2.05) is 30.5 Å². The second-order valence-corrected chi connectivity index (χ2v) is 5.28. The molecule has 0 saturated heterocycles. The molecule has 0 unspecified atom stereocenters. The number of H-pyrrole nitrogens is 1. The fraction of sp³-hybridized carbons (Fsp3) is 0.357. The zero-order valence-corrected chi connectivity index (χ0v) is 13.1. The van der Waals surface area contributed by atoms with Crippen LogP contribution in [0, 0.1) is 10.7 Å². The highest BCUT2D eigenvalue weighted by atomic mass is 35.5. The average Bonchev–Trinajstić information content (AvgIpc) is 2.82. The lowest BCUT2D eigenvalue weighted by Gasteiger charge is -2.06. The summed E-state index contributed by atoms with van der Waals surface area (Å²) in [5.41, 5.74) is 0.809. The van der Waals surface area contributed by atoms with Crippen LogP contribution in [0.4, 0.5) is 0 Å². The minimum atomic E-state index is 0.436. The van der Waals surface area contributed by atoms with Gasteiger partial charge in [0.2, 0.25) is 4.77 Å². The SMILES string of the molecule is CCC(/C=N\n1c(-c2ccccc2Cl)n[nH]c1=S)CC. The predicted molar refractivity (Wildman–Crippen MR) is 85.8 cm³/mol. The van der Waals surface area contributed by atoms with E-state index in [1.165, 1.54) is 0 Å². The first kappa shape index (κ1) is 14.9. The monoisotopic (exact) mass is 308 g/mol. The van der Waals surface area contributed by atoms with Crippen LogP contribution in [0.3, 0.4) is 0 Å². The minimum Gasteiger partial charge on any atom is -0.250 e. The van der Waals surface area contributed by atoms with Gasteiger partial charge in [-0.3, -0.25) is 0 Å². The van der Waals surface area contributed by atoms with Gasteiger partial charge in [0, 0.05) is 11.8 Å². The molecule has 0 bridgehead atoms. The number of nitrogens with one attached hydrogen (secondary N) is 1. The molecule has 1 aromatic carbocycles. The second kappa shape index (κ2) is 6.81. The van der Waals surface area contributed by atoms with Gasteiger partial charge in [-0.15, -0.1) is 0 Å². The topological polar surface area (TPSA) is 46.0 Å². The number of aromatic amines is 1. The molecule has 0 fully saturated rings. The van der Waals surface area contributed by atoms with Gasteiger partial charge in [0.15, 0.2) is 5.82 Å². The molecule has 4 nitrogen and oxygen atoms in total. The van der Waals surface area contributed by atoms with E-state index in [2.05, 4.69) is 29.1 Å². The first-order valence-electron chi connectivity index (χ1n) is 6.64. The molecule has 1 N–H and O–H groups in total. The number of aromatic nitrogens is 3. The van der Waals surface area contributed by atoms with Crippen LogP contribution in [-0.2, 0) is 0 Å². The van der Waals surface area contributed by atoms with E-state index in [0.717, 1.165) is 18.4 Å². The maximum Gasteiger partial charge on any atom is 0.216 e. The van der Waals surface area contributed by atoms with E-state index in [0.29, 0.717) is 21.5 Å². The molecule has 0 aliphatic rings. The van der Waals surface area contributed by atoms with Crippen LogP contribution in [0.2, 0.25) is 5.02 Å². The zero-order valence-electron chi connectivity index (χ0n) is 11.5. The highest BCUT2D eigenvalue weighted by molar-refractivity contribution is 7.71. The first-order valence-corrected chi connectivity index (χ1v) is 7.42. The van der Waals surface area contributed by atoms with Crippen molar-refractivity contribution in [2.75, 3.05) is 0 Å². The molecule has 0 aliphatic carbocycles. The number of nitrogens with zero attached hydrogens (tertiary/aromatic N) is 3. The van der Waals surface area contributed by atoms with Gasteiger partial charge in [0.05, 0.1) is 5.02 Å². The molecule has 1 heterocycles. The molecule has 2 aromatic rings. The van der Waals surface area contributed by atoms with Crippen LogP contribution in [0.5, 0.6) is 0 Å². The second-order valence-electron chi connectivity index (χ2n) is 4.49. The molecule has 0 aliphatic heterocycles. The number of rotatable bonds is 5. The smallest absolute Gasteiger partial charge is 0.216 e. The standard InChI is InChI=1S/C14H17ClN4S/c1-3-10(4-2)9-16-19-13(17-18-14(19)20)11-7-5-6-8-12(11)15/h5-10H,3-4H2,1-2H3,(H,18,20)/b16-9-. The van der Waals surface area contributed by atoms with Gasteiger partial charge in [0.25, 0.3) is 0 Å². The fourth-order valence-electron chi connectivity index (χ4n) is 1.88. The van der Waals surface area contributed by atoms with Crippen molar-refractivity contribution in [3.8, 4) is 11.4 Å². The summed E-state index contributed by atoms with van der Waals surface area (Å²) < 4.78 is 2.08. The Morgan fingerprint density at radius 3 is 2.75 bits per heavy atom. The Morgan fingerprint density at radius 1 is 1.40 bits per heavy atom. The van der Waals surface area contributed by atoms with Crippen molar-refractivity contribution in [2.45, 2.75) is 26.7 Å². The molecule has 1 aromatic heterocycles. The maximum absolute atomic E-state index is 6.20. The number of halogens is 1. The van der Waals surface area contributed by atoms with E-state index in [9.17, 15) is 0 Å². The van der Waals surface area contributed by atoms with Crippen LogP contribution in [-0.4, -0.2) is 21.1 Å². The molecular formula is C14H17ClN4S. The number of hydrogen-bond donors (Lipinski definition) is 1. The molecule has 0 atom stereocenters. The summed E-state index contributed by atoms with van der Waals surface area (Å²) in [5, 5.41) is 12.1. The first-order chi connectivity index (χ1) is 9.67. The van der Waals surface area contributed by atoms with Crippen molar-refractivity contribution < 1.29 is 0 Å². The predicted octanol–water partition coefficient (Wildman–Crippen LogP) is 4.53. The lowest BCUT2D eigenvalue weighted by molar-refractivity contribution is 0.647. The molecule has 2 rings (SSSR count). The maximum atomic E-state index is 6.20. The summed E-state index contributed by atoms with van der Waals surface area (Å²) in [6, 6.07) is 7.51. The molecule has 106 valence electrons. The molecule has 6 heteroatoms. The Hall–Kier alpha value is -1.46. The summed E-state index contributed by atoms with van der Waals surface area (Å²) in [5.74, 6) is 1.06. The average molecular weight is 309 g/mol. The summed E-state index contributed by atoms with van der Waals surface area (Å²) in [7, 11) is 0. The molecule has 20 heavy (non-hydrogen) atoms. The lowest BCUT2D eigenvalue weighted by atomic mass is 10.1. The highest BCUT2D eigenvalue weighted by Crippen LogP contribution is 2.25. The van der Waals surface area contributed by atoms with Crippen molar-refractivity contribution in [1.29, 1.82) is 0 Å². The number of benzene rings is 1. The summed E-state index contributed by atoms with van der Waals surface area (Å²) in [6.45, 7) is 4.29. The van der Waals surface area contributed by atoms with E-state index >= 15 is 0 Å². The summed E-state index contributed by atoms with van der Waals surface area (Å²) in [6.07, 6.45) is 4.02. The van der Waals surface area contributed by atoms with Crippen molar-refractivity contribution in [3.63, 3.8) is 0 Å². The summed E-state index contributed by atoms with van der Waals surface area (Å²) >= 11 is 11.4. The molecule has 0 radical (unpaired) electrons. The third-order valence-corrected chi connectivity index (χ3v) is 3.80. The van der Waals surface area contributed by atoms with Crippen molar-refractivity contribution in [3.05, 3.63) is 34.1 Å². The minimum absolute atomic E-state index is 0.436. The Labute approximate surface area is 128 Å². The highest BCUT2D eigenvalue weighted by Gasteiger charge is 2.11. The van der Waals surface area contributed by atoms with E-state index in [1.54, 1.807) is 4.68 Å². The normalized spacial score (nSPS) is 11.6. The summed E-state index contributed by atoms with van der Waals surface area (Å²) in [4.78, 5) is 0. The fourth-order valence-corrected chi connectivity index (χ4v) is 2.28. The van der Waals surface area contributed by atoms with Crippen LogP contribution < -0.4 is 0 Å². The van der Waals surface area contributed by atoms with Gasteiger partial charge in [-0.25, -0.2) is 5.10 Å². The largest absolute Gasteiger partial charge is 0.250 e. The molecular weight excluding hydrogens is 292 g/mol. The molecule has 0 amide bonds. The van der Waals surface area contributed by atoms with Crippen molar-refractivity contribution in [2.24, 2.45) is 11.0 Å².